The molecule has 23 heavy (non-hydrogen) atoms. The summed E-state index contributed by atoms with van der Waals surface area (Å²) in [7, 11) is 4.02. The van der Waals surface area contributed by atoms with E-state index >= 15 is 0 Å². The van der Waals surface area contributed by atoms with Gasteiger partial charge >= 0.3 is 0 Å². The van der Waals surface area contributed by atoms with Crippen molar-refractivity contribution in [1.29, 1.82) is 0 Å². The van der Waals surface area contributed by atoms with E-state index in [1.54, 1.807) is 0 Å². The normalized spacial score (nSPS) is 12.0. The van der Waals surface area contributed by atoms with Crippen LogP contribution in [0.3, 0.4) is 0 Å². The maximum Gasteiger partial charge on any atom is 0.251 e. The van der Waals surface area contributed by atoms with Crippen molar-refractivity contribution in [2.24, 2.45) is 0 Å². The van der Waals surface area contributed by atoms with Gasteiger partial charge in [0.2, 0.25) is 0 Å². The van der Waals surface area contributed by atoms with Gasteiger partial charge in [-0.3, -0.25) is 4.79 Å². The van der Waals surface area contributed by atoms with Gasteiger partial charge in [0.1, 0.15) is 5.75 Å². The van der Waals surface area contributed by atoms with Crippen molar-refractivity contribution >= 4 is 5.91 Å². The van der Waals surface area contributed by atoms with Crippen molar-refractivity contribution < 1.29 is 9.53 Å². The Kier molecular flexibility index (Phi) is 6.18. The first-order chi connectivity index (χ1) is 11.1. The molecule has 0 heterocycles. The monoisotopic (exact) mass is 312 g/mol. The highest BCUT2D eigenvalue weighted by Crippen LogP contribution is 2.21. The van der Waals surface area contributed by atoms with Crippen LogP contribution in [0.1, 0.15) is 28.9 Å². The Morgan fingerprint density at radius 3 is 2.30 bits per heavy atom. The highest BCUT2D eigenvalue weighted by atomic mass is 16.5. The minimum absolute atomic E-state index is 0.0524. The SMILES string of the molecule is CCOc1ccc(C(CNC(=O)c2ccccc2)N(C)C)cc1. The van der Waals surface area contributed by atoms with Crippen molar-refractivity contribution in [3.8, 4) is 5.75 Å². The number of carbonyl (C=O) groups is 1. The number of carbonyl (C=O) groups excluding carboxylic acids is 1. The number of hydrogen-bond acceptors (Lipinski definition) is 3. The zero-order valence-corrected chi connectivity index (χ0v) is 14.0. The number of hydrogen-bond donors (Lipinski definition) is 1. The Bertz CT molecular complexity index is 609. The fraction of sp³-hybridized carbons (Fsp3) is 0.316. The van der Waals surface area contributed by atoms with Crippen LogP contribution in [0.25, 0.3) is 0 Å². The molecule has 122 valence electrons. The van der Waals surface area contributed by atoms with Crippen LogP contribution in [0.4, 0.5) is 0 Å². The molecule has 0 saturated heterocycles. The topological polar surface area (TPSA) is 41.6 Å². The van der Waals surface area contributed by atoms with Crippen LogP contribution in [0, 0.1) is 0 Å². The van der Waals surface area contributed by atoms with E-state index in [1.165, 1.54) is 0 Å². The Morgan fingerprint density at radius 2 is 1.74 bits per heavy atom. The van der Waals surface area contributed by atoms with Gasteiger partial charge < -0.3 is 15.0 Å². The lowest BCUT2D eigenvalue weighted by atomic mass is 10.1. The fourth-order valence-corrected chi connectivity index (χ4v) is 2.43. The first-order valence-corrected chi connectivity index (χ1v) is 7.84. The van der Waals surface area contributed by atoms with E-state index in [-0.39, 0.29) is 11.9 Å². The molecule has 4 nitrogen and oxygen atoms in total. The molecule has 2 aromatic carbocycles. The molecule has 0 fully saturated rings. The van der Waals surface area contributed by atoms with Crippen LogP contribution in [0.15, 0.2) is 54.6 Å². The van der Waals surface area contributed by atoms with Gasteiger partial charge in [0.05, 0.1) is 12.6 Å². The predicted molar refractivity (Wildman–Crippen MR) is 92.8 cm³/mol. The number of ether oxygens (including phenoxy) is 1. The lowest BCUT2D eigenvalue weighted by molar-refractivity contribution is 0.0942. The van der Waals surface area contributed by atoms with Crippen LogP contribution in [0.2, 0.25) is 0 Å². The third-order valence-electron chi connectivity index (χ3n) is 3.69. The predicted octanol–water partition coefficient (Wildman–Crippen LogP) is 3.12. The summed E-state index contributed by atoms with van der Waals surface area (Å²) < 4.78 is 5.47. The molecule has 0 aliphatic rings. The number of likely N-dealkylation sites (N-methyl/N-ethyl adjacent to an activating group) is 1. The average Bonchev–Trinajstić information content (AvgIpc) is 2.57. The van der Waals surface area contributed by atoms with Crippen LogP contribution in [-0.2, 0) is 0 Å². The molecule has 0 saturated carbocycles. The van der Waals surface area contributed by atoms with Crippen molar-refractivity contribution in [3.05, 3.63) is 65.7 Å². The number of amides is 1. The molecule has 0 bridgehead atoms. The Balaban J connectivity index is 2.02. The van der Waals surface area contributed by atoms with E-state index < -0.39 is 0 Å². The molecule has 0 aliphatic heterocycles. The van der Waals surface area contributed by atoms with Crippen molar-refractivity contribution in [1.82, 2.24) is 10.2 Å². The molecular formula is C19H24N2O2. The lowest BCUT2D eigenvalue weighted by Gasteiger charge is -2.25. The van der Waals surface area contributed by atoms with Crippen LogP contribution >= 0.6 is 0 Å². The third-order valence-corrected chi connectivity index (χ3v) is 3.69. The molecule has 1 N–H and O–H groups in total. The van der Waals surface area contributed by atoms with Gasteiger partial charge in [0.25, 0.3) is 5.91 Å². The minimum Gasteiger partial charge on any atom is -0.494 e. The summed E-state index contributed by atoms with van der Waals surface area (Å²) in [6, 6.07) is 17.4. The van der Waals surface area contributed by atoms with E-state index in [0.717, 1.165) is 11.3 Å². The second kappa shape index (κ2) is 8.34. The number of nitrogens with zero attached hydrogens (tertiary/aromatic N) is 1. The van der Waals surface area contributed by atoms with Gasteiger partial charge in [-0.1, -0.05) is 30.3 Å². The van der Waals surface area contributed by atoms with E-state index in [9.17, 15) is 4.79 Å². The quantitative estimate of drug-likeness (QED) is 0.854. The Morgan fingerprint density at radius 1 is 1.09 bits per heavy atom. The summed E-state index contributed by atoms with van der Waals surface area (Å²) in [6.07, 6.45) is 0. The van der Waals surface area contributed by atoms with Gasteiger partial charge in [-0.2, -0.15) is 0 Å². The maximum absolute atomic E-state index is 12.2. The van der Waals surface area contributed by atoms with Crippen LogP contribution in [-0.4, -0.2) is 38.1 Å². The van der Waals surface area contributed by atoms with Gasteiger partial charge in [-0.25, -0.2) is 0 Å². The first-order valence-electron chi connectivity index (χ1n) is 7.84. The van der Waals surface area contributed by atoms with Crippen LogP contribution < -0.4 is 10.1 Å². The van der Waals surface area contributed by atoms with Crippen LogP contribution in [0.5, 0.6) is 5.75 Å². The molecule has 1 amide bonds. The van der Waals surface area contributed by atoms with Gasteiger partial charge in [-0.15, -0.1) is 0 Å². The van der Waals surface area contributed by atoms with E-state index in [2.05, 4.69) is 10.2 Å². The number of benzene rings is 2. The highest BCUT2D eigenvalue weighted by Gasteiger charge is 2.16. The fourth-order valence-electron chi connectivity index (χ4n) is 2.43. The summed E-state index contributed by atoms with van der Waals surface area (Å²) in [5.41, 5.74) is 1.82. The standard InChI is InChI=1S/C19H24N2O2/c1-4-23-17-12-10-15(11-13-17)18(21(2)3)14-20-19(22)16-8-6-5-7-9-16/h5-13,18H,4,14H2,1-3H3,(H,20,22). The molecule has 2 aromatic rings. The van der Waals surface area contributed by atoms with Gasteiger partial charge in [-0.05, 0) is 50.8 Å². The van der Waals surface area contributed by atoms with E-state index in [4.69, 9.17) is 4.74 Å². The maximum atomic E-state index is 12.2. The third kappa shape index (κ3) is 4.83. The van der Waals surface area contributed by atoms with Gasteiger partial charge in [0.15, 0.2) is 0 Å². The van der Waals surface area contributed by atoms with Crippen molar-refractivity contribution in [2.45, 2.75) is 13.0 Å². The second-order valence-corrected chi connectivity index (χ2v) is 5.56. The molecule has 0 spiro atoms. The largest absolute Gasteiger partial charge is 0.494 e. The van der Waals surface area contributed by atoms with E-state index in [1.807, 2.05) is 75.6 Å². The molecule has 0 aromatic heterocycles. The Labute approximate surface area is 138 Å². The number of nitrogens with one attached hydrogen (secondary N) is 1. The smallest absolute Gasteiger partial charge is 0.251 e. The second-order valence-electron chi connectivity index (χ2n) is 5.56. The summed E-state index contributed by atoms with van der Waals surface area (Å²) >= 11 is 0. The van der Waals surface area contributed by atoms with Crippen molar-refractivity contribution in [2.75, 3.05) is 27.2 Å². The molecule has 4 heteroatoms. The molecule has 1 unspecified atom stereocenters. The molecule has 0 radical (unpaired) electrons. The zero-order chi connectivity index (χ0) is 16.7. The highest BCUT2D eigenvalue weighted by molar-refractivity contribution is 5.94. The minimum atomic E-state index is -0.0524. The van der Waals surface area contributed by atoms with Gasteiger partial charge in [0, 0.05) is 12.1 Å². The average molecular weight is 312 g/mol. The molecule has 2 rings (SSSR count). The van der Waals surface area contributed by atoms with Crippen molar-refractivity contribution in [3.63, 3.8) is 0 Å². The Hall–Kier alpha value is -2.33. The zero-order valence-electron chi connectivity index (χ0n) is 14.0. The van der Waals surface area contributed by atoms with E-state index in [0.29, 0.717) is 18.7 Å². The summed E-state index contributed by atoms with van der Waals surface area (Å²) in [5.74, 6) is 0.811. The summed E-state index contributed by atoms with van der Waals surface area (Å²) in [5, 5.41) is 3.01. The molecule has 1 atom stereocenters. The summed E-state index contributed by atoms with van der Waals surface area (Å²) in [4.78, 5) is 14.3. The number of rotatable bonds is 7. The molecular weight excluding hydrogens is 288 g/mol. The first kappa shape index (κ1) is 17.0. The summed E-state index contributed by atoms with van der Waals surface area (Å²) in [6.45, 7) is 3.17. The lowest BCUT2D eigenvalue weighted by Crippen LogP contribution is -2.34. The molecule has 0 aliphatic carbocycles.